The number of nitrogens with zero attached hydrogens (tertiary/aromatic N) is 1. The minimum absolute atomic E-state index is 0.0585. The Kier molecular flexibility index (Phi) is 2.37. The zero-order valence-electron chi connectivity index (χ0n) is 7.88. The van der Waals surface area contributed by atoms with Gasteiger partial charge in [0.15, 0.2) is 5.75 Å². The minimum Gasteiger partial charge on any atom is -0.483 e. The molecule has 0 atom stereocenters. The summed E-state index contributed by atoms with van der Waals surface area (Å²) in [6.45, 7) is 0. The Morgan fingerprint density at radius 3 is 2.60 bits per heavy atom. The molecule has 1 aromatic carbocycles. The van der Waals surface area contributed by atoms with Gasteiger partial charge in [-0.3, -0.25) is 14.9 Å². The molecule has 1 fully saturated rings. The summed E-state index contributed by atoms with van der Waals surface area (Å²) < 4.78 is 5.35. The quantitative estimate of drug-likeness (QED) is 0.558. The Hall–Kier alpha value is -1.91. The first-order valence-corrected chi connectivity index (χ1v) is 4.58. The Balaban J connectivity index is 2.13. The highest BCUT2D eigenvalue weighted by Gasteiger charge is 2.30. The van der Waals surface area contributed by atoms with Crippen LogP contribution in [0.1, 0.15) is 12.8 Å². The number of hydrogen-bond donors (Lipinski definition) is 0. The van der Waals surface area contributed by atoms with Crippen molar-refractivity contribution in [3.8, 4) is 5.75 Å². The van der Waals surface area contributed by atoms with Gasteiger partial charge in [-0.15, -0.1) is 0 Å². The highest BCUT2D eigenvalue weighted by molar-refractivity contribution is 5.85. The fraction of sp³-hybridized carbons (Fsp3) is 0.300. The lowest BCUT2D eigenvalue weighted by atomic mass is 9.94. The van der Waals surface area contributed by atoms with E-state index in [9.17, 15) is 14.9 Å². The normalized spacial score (nSPS) is 15.9. The van der Waals surface area contributed by atoms with Gasteiger partial charge in [-0.1, -0.05) is 12.1 Å². The number of benzene rings is 1. The zero-order chi connectivity index (χ0) is 10.8. The molecular weight excluding hydrogens is 198 g/mol. The number of rotatable bonds is 3. The molecule has 0 N–H and O–H groups in total. The molecule has 0 saturated heterocycles. The van der Waals surface area contributed by atoms with E-state index >= 15 is 0 Å². The number of carbonyl (C=O) groups excluding carboxylic acids is 1. The van der Waals surface area contributed by atoms with Crippen molar-refractivity contribution >= 4 is 11.5 Å². The summed E-state index contributed by atoms with van der Waals surface area (Å²) in [5.41, 5.74) is -0.0585. The van der Waals surface area contributed by atoms with Crippen LogP contribution in [-0.2, 0) is 4.79 Å². The van der Waals surface area contributed by atoms with Gasteiger partial charge in [0.25, 0.3) is 0 Å². The van der Waals surface area contributed by atoms with Crippen LogP contribution in [0.4, 0.5) is 5.69 Å². The fourth-order valence-corrected chi connectivity index (χ4v) is 1.42. The van der Waals surface area contributed by atoms with Crippen molar-refractivity contribution in [1.82, 2.24) is 0 Å². The van der Waals surface area contributed by atoms with Crippen molar-refractivity contribution in [3.63, 3.8) is 0 Å². The predicted molar refractivity (Wildman–Crippen MR) is 51.8 cm³/mol. The second-order valence-electron chi connectivity index (χ2n) is 3.41. The Bertz CT molecular complexity index is 408. The third kappa shape index (κ3) is 1.96. The first-order chi connectivity index (χ1) is 7.16. The molecule has 0 heterocycles. The van der Waals surface area contributed by atoms with E-state index in [-0.39, 0.29) is 23.3 Å². The molecule has 0 radical (unpaired) electrons. The maximum Gasteiger partial charge on any atom is 0.310 e. The summed E-state index contributed by atoms with van der Waals surface area (Å²) in [6, 6.07) is 6.18. The molecule has 1 aliphatic rings. The Morgan fingerprint density at radius 2 is 2.00 bits per heavy atom. The second-order valence-corrected chi connectivity index (χ2v) is 3.41. The van der Waals surface area contributed by atoms with Gasteiger partial charge in [-0.2, -0.15) is 0 Å². The summed E-state index contributed by atoms with van der Waals surface area (Å²) in [6.07, 6.45) is 0.511. The SMILES string of the molecule is O=C1CC(Oc2ccccc2[N+](=O)[O-])C1. The molecule has 2 rings (SSSR count). The van der Waals surface area contributed by atoms with Crippen LogP contribution < -0.4 is 4.74 Å². The van der Waals surface area contributed by atoms with Gasteiger partial charge in [-0.25, -0.2) is 0 Å². The molecule has 0 bridgehead atoms. The lowest BCUT2D eigenvalue weighted by molar-refractivity contribution is -0.386. The molecule has 0 aliphatic heterocycles. The van der Waals surface area contributed by atoms with Crippen LogP contribution in [0, 0.1) is 10.1 Å². The molecular formula is C10H9NO4. The third-order valence-corrected chi connectivity index (χ3v) is 2.27. The van der Waals surface area contributed by atoms with Gasteiger partial charge in [0.1, 0.15) is 11.9 Å². The van der Waals surface area contributed by atoms with E-state index in [1.165, 1.54) is 6.07 Å². The van der Waals surface area contributed by atoms with Gasteiger partial charge < -0.3 is 4.74 Å². The van der Waals surface area contributed by atoms with Gasteiger partial charge >= 0.3 is 5.69 Å². The summed E-state index contributed by atoms with van der Waals surface area (Å²) in [4.78, 5) is 20.8. The van der Waals surface area contributed by atoms with E-state index in [2.05, 4.69) is 0 Å². The number of nitro benzene ring substituents is 1. The van der Waals surface area contributed by atoms with Gasteiger partial charge in [0.05, 0.1) is 4.92 Å². The van der Waals surface area contributed by atoms with Crippen LogP contribution in [0.25, 0.3) is 0 Å². The summed E-state index contributed by atoms with van der Waals surface area (Å²) in [5.74, 6) is 0.374. The van der Waals surface area contributed by atoms with Crippen molar-refractivity contribution in [1.29, 1.82) is 0 Å². The van der Waals surface area contributed by atoms with Crippen molar-refractivity contribution in [2.45, 2.75) is 18.9 Å². The molecule has 0 amide bonds. The standard InChI is InChI=1S/C10H9NO4/c12-7-5-8(6-7)15-10-4-2-1-3-9(10)11(13)14/h1-4,8H,5-6H2. The molecule has 5 heteroatoms. The Labute approximate surface area is 85.8 Å². The highest BCUT2D eigenvalue weighted by atomic mass is 16.6. The van der Waals surface area contributed by atoms with Crippen LogP contribution >= 0.6 is 0 Å². The number of ketones is 1. The number of ether oxygens (including phenoxy) is 1. The van der Waals surface area contributed by atoms with Crippen LogP contribution in [0.15, 0.2) is 24.3 Å². The molecule has 1 aromatic rings. The number of hydrogen-bond acceptors (Lipinski definition) is 4. The monoisotopic (exact) mass is 207 g/mol. The summed E-state index contributed by atoms with van der Waals surface area (Å²) in [5, 5.41) is 10.6. The van der Waals surface area contributed by atoms with Crippen molar-refractivity contribution in [2.24, 2.45) is 0 Å². The van der Waals surface area contributed by atoms with E-state index < -0.39 is 4.92 Å². The van der Waals surface area contributed by atoms with E-state index in [1.54, 1.807) is 18.2 Å². The maximum atomic E-state index is 10.7. The van der Waals surface area contributed by atoms with Crippen molar-refractivity contribution < 1.29 is 14.5 Å². The van der Waals surface area contributed by atoms with Crippen LogP contribution in [0.2, 0.25) is 0 Å². The predicted octanol–water partition coefficient (Wildman–Crippen LogP) is 1.71. The average molecular weight is 207 g/mol. The molecule has 1 aliphatic carbocycles. The molecule has 78 valence electrons. The number of nitro groups is 1. The molecule has 5 nitrogen and oxygen atoms in total. The molecule has 0 unspecified atom stereocenters. The molecule has 0 aromatic heterocycles. The van der Waals surface area contributed by atoms with Crippen molar-refractivity contribution in [3.05, 3.63) is 34.4 Å². The smallest absolute Gasteiger partial charge is 0.310 e. The first-order valence-electron chi connectivity index (χ1n) is 4.58. The molecule has 0 spiro atoms. The lowest BCUT2D eigenvalue weighted by Crippen LogP contribution is -2.33. The van der Waals surface area contributed by atoms with E-state index in [4.69, 9.17) is 4.74 Å². The number of para-hydroxylation sites is 2. The van der Waals surface area contributed by atoms with E-state index in [1.807, 2.05) is 0 Å². The highest BCUT2D eigenvalue weighted by Crippen LogP contribution is 2.30. The summed E-state index contributed by atoms with van der Waals surface area (Å²) in [7, 11) is 0. The van der Waals surface area contributed by atoms with Crippen LogP contribution in [0.5, 0.6) is 5.75 Å². The largest absolute Gasteiger partial charge is 0.483 e. The number of Topliss-reactive ketones (excluding diaryl/α,β-unsaturated/α-hetero) is 1. The fourth-order valence-electron chi connectivity index (χ4n) is 1.42. The second kappa shape index (κ2) is 3.68. The topological polar surface area (TPSA) is 69.4 Å². The molecule has 1 saturated carbocycles. The third-order valence-electron chi connectivity index (χ3n) is 2.27. The number of carbonyl (C=O) groups is 1. The lowest BCUT2D eigenvalue weighted by Gasteiger charge is -2.24. The Morgan fingerprint density at radius 1 is 1.33 bits per heavy atom. The van der Waals surface area contributed by atoms with Gasteiger partial charge in [-0.05, 0) is 6.07 Å². The van der Waals surface area contributed by atoms with E-state index in [0.717, 1.165) is 0 Å². The van der Waals surface area contributed by atoms with Crippen LogP contribution in [0.3, 0.4) is 0 Å². The maximum absolute atomic E-state index is 10.7. The summed E-state index contributed by atoms with van der Waals surface area (Å²) >= 11 is 0. The van der Waals surface area contributed by atoms with Crippen molar-refractivity contribution in [2.75, 3.05) is 0 Å². The minimum atomic E-state index is -0.490. The van der Waals surface area contributed by atoms with Gasteiger partial charge in [0.2, 0.25) is 0 Å². The zero-order valence-corrected chi connectivity index (χ0v) is 7.88. The van der Waals surface area contributed by atoms with Gasteiger partial charge in [0, 0.05) is 18.9 Å². The molecule has 15 heavy (non-hydrogen) atoms. The van der Waals surface area contributed by atoms with E-state index in [0.29, 0.717) is 12.8 Å². The van der Waals surface area contributed by atoms with Crippen LogP contribution in [-0.4, -0.2) is 16.8 Å². The first kappa shape index (κ1) is 9.64. The average Bonchev–Trinajstić information content (AvgIpc) is 2.16.